The molecule has 1 saturated heterocycles. The zero-order valence-electron chi connectivity index (χ0n) is 14.4. The summed E-state index contributed by atoms with van der Waals surface area (Å²) in [6.45, 7) is 1.12. The normalized spacial score (nSPS) is 18.4. The van der Waals surface area contributed by atoms with Gasteiger partial charge in [-0.25, -0.2) is 9.50 Å². The third-order valence-corrected chi connectivity index (χ3v) is 5.46. The fraction of sp³-hybridized carbons (Fsp3) is 0.312. The number of fused-ring (bicyclic) bond motifs is 3. The highest BCUT2D eigenvalue weighted by Gasteiger charge is 2.39. The molecule has 1 unspecified atom stereocenters. The molecule has 0 spiro atoms. The summed E-state index contributed by atoms with van der Waals surface area (Å²) in [4.78, 5) is 44.0. The predicted molar refractivity (Wildman–Crippen MR) is 95.2 cm³/mol. The zero-order valence-corrected chi connectivity index (χ0v) is 15.2. The van der Waals surface area contributed by atoms with Crippen LogP contribution in [0.5, 0.6) is 5.75 Å². The van der Waals surface area contributed by atoms with Crippen molar-refractivity contribution in [3.8, 4) is 5.75 Å². The van der Waals surface area contributed by atoms with Gasteiger partial charge in [0.1, 0.15) is 11.1 Å². The fourth-order valence-corrected chi connectivity index (χ4v) is 4.04. The molecule has 0 radical (unpaired) electrons. The number of nitrogens with zero attached hydrogens (tertiary/aromatic N) is 5. The van der Waals surface area contributed by atoms with Gasteiger partial charge >= 0.3 is 0 Å². The maximum atomic E-state index is 12.5. The van der Waals surface area contributed by atoms with Crippen LogP contribution in [0.3, 0.4) is 0 Å². The van der Waals surface area contributed by atoms with Crippen LogP contribution in [0.25, 0.3) is 4.96 Å². The molecule has 28 heavy (non-hydrogen) atoms. The summed E-state index contributed by atoms with van der Waals surface area (Å²) in [5, 5.41) is 17.0. The Bertz CT molecular complexity index is 1150. The molecular weight excluding hydrogens is 388 g/mol. The van der Waals surface area contributed by atoms with E-state index < -0.39 is 29.2 Å². The van der Waals surface area contributed by atoms with E-state index in [0.717, 1.165) is 0 Å². The van der Waals surface area contributed by atoms with Gasteiger partial charge in [0.05, 0.1) is 31.6 Å². The summed E-state index contributed by atoms with van der Waals surface area (Å²) in [6.07, 6.45) is 2.49. The second kappa shape index (κ2) is 6.14. The maximum Gasteiger partial charge on any atom is 0.276 e. The van der Waals surface area contributed by atoms with Gasteiger partial charge in [-0.15, -0.1) is 0 Å². The van der Waals surface area contributed by atoms with Crippen molar-refractivity contribution in [2.45, 2.75) is 19.3 Å². The molecule has 5 rings (SSSR count). The molecule has 0 bridgehead atoms. The number of hydrogen-bond donors (Lipinski definition) is 2. The Labute approximate surface area is 160 Å². The lowest BCUT2D eigenvalue weighted by Crippen LogP contribution is -2.46. The first-order valence-electron chi connectivity index (χ1n) is 8.48. The first-order valence-corrected chi connectivity index (χ1v) is 9.36. The van der Waals surface area contributed by atoms with Gasteiger partial charge in [0, 0.05) is 12.7 Å². The number of aromatic hydroxyl groups is 1. The van der Waals surface area contributed by atoms with Gasteiger partial charge in [0.15, 0.2) is 17.7 Å². The Morgan fingerprint density at radius 2 is 2.25 bits per heavy atom. The molecule has 5 heterocycles. The maximum absolute atomic E-state index is 12.5. The van der Waals surface area contributed by atoms with Gasteiger partial charge in [0.25, 0.3) is 11.8 Å². The quantitative estimate of drug-likeness (QED) is 0.598. The molecule has 3 aromatic rings. The van der Waals surface area contributed by atoms with Crippen molar-refractivity contribution in [2.24, 2.45) is 0 Å². The van der Waals surface area contributed by atoms with Crippen molar-refractivity contribution in [1.82, 2.24) is 29.4 Å². The lowest BCUT2D eigenvalue weighted by atomic mass is 10.1. The van der Waals surface area contributed by atoms with Crippen molar-refractivity contribution < 1.29 is 19.4 Å². The van der Waals surface area contributed by atoms with Crippen LogP contribution >= 0.6 is 11.3 Å². The molecule has 2 N–H and O–H groups in total. The van der Waals surface area contributed by atoms with Gasteiger partial charge in [-0.2, -0.15) is 5.10 Å². The number of carbonyl (C=O) groups excluding carboxylic acids is 2. The summed E-state index contributed by atoms with van der Waals surface area (Å²) in [6, 6.07) is 0. The second-order valence-corrected chi connectivity index (χ2v) is 7.24. The fourth-order valence-electron chi connectivity index (χ4n) is 3.42. The lowest BCUT2D eigenvalue weighted by Gasteiger charge is -2.31. The Morgan fingerprint density at radius 3 is 3.07 bits per heavy atom. The molecule has 2 amide bonds. The largest absolute Gasteiger partial charge is 0.503 e. The predicted octanol–water partition coefficient (Wildman–Crippen LogP) is -0.600. The minimum atomic E-state index is -0.886. The molecule has 2 aliphatic rings. The van der Waals surface area contributed by atoms with Gasteiger partial charge in [-0.3, -0.25) is 14.4 Å². The Morgan fingerprint density at radius 1 is 1.39 bits per heavy atom. The van der Waals surface area contributed by atoms with Crippen LogP contribution in [-0.4, -0.2) is 60.4 Å². The van der Waals surface area contributed by atoms with Crippen LogP contribution in [-0.2, 0) is 17.8 Å². The average Bonchev–Trinajstić information content (AvgIpc) is 3.38. The standard InChI is InChI=1S/C16H14N6O5S/c23-12-9(14(25)17-3-8-4-22-16(19-8)28-7-18-22)5-20-6-10-21(1-2-27-10)15(26)11(20)13(12)24/h4-5,7,10,24H,1-3,6H2,(H,17,25). The zero-order chi connectivity index (χ0) is 19.4. The molecule has 144 valence electrons. The molecule has 0 saturated carbocycles. The van der Waals surface area contributed by atoms with Gasteiger partial charge < -0.3 is 24.6 Å². The summed E-state index contributed by atoms with van der Waals surface area (Å²) in [7, 11) is 0. The number of carbonyl (C=O) groups is 2. The molecule has 1 atom stereocenters. The molecule has 1 fully saturated rings. The third kappa shape index (κ3) is 2.49. The van der Waals surface area contributed by atoms with E-state index in [-0.39, 0.29) is 24.3 Å². The van der Waals surface area contributed by atoms with Gasteiger partial charge in [0.2, 0.25) is 10.4 Å². The second-order valence-electron chi connectivity index (χ2n) is 6.43. The highest BCUT2D eigenvalue weighted by Crippen LogP contribution is 2.26. The number of rotatable bonds is 3. The van der Waals surface area contributed by atoms with Crippen molar-refractivity contribution in [1.29, 1.82) is 0 Å². The summed E-state index contributed by atoms with van der Waals surface area (Å²) < 4.78 is 8.48. The summed E-state index contributed by atoms with van der Waals surface area (Å²) in [5.74, 6) is -1.88. The number of amides is 2. The van der Waals surface area contributed by atoms with Crippen LogP contribution in [0.4, 0.5) is 0 Å². The van der Waals surface area contributed by atoms with Crippen LogP contribution < -0.4 is 10.7 Å². The smallest absolute Gasteiger partial charge is 0.276 e. The van der Waals surface area contributed by atoms with Crippen LogP contribution in [0.2, 0.25) is 0 Å². The number of pyridine rings is 1. The van der Waals surface area contributed by atoms with E-state index in [0.29, 0.717) is 23.8 Å². The summed E-state index contributed by atoms with van der Waals surface area (Å²) >= 11 is 1.36. The topological polar surface area (TPSA) is 131 Å². The highest BCUT2D eigenvalue weighted by atomic mass is 32.1. The van der Waals surface area contributed by atoms with E-state index in [9.17, 15) is 19.5 Å². The lowest BCUT2D eigenvalue weighted by molar-refractivity contribution is 0.00845. The van der Waals surface area contributed by atoms with E-state index in [1.165, 1.54) is 27.0 Å². The Kier molecular flexibility index (Phi) is 3.70. The molecule has 0 aromatic carbocycles. The first kappa shape index (κ1) is 16.9. The van der Waals surface area contributed by atoms with E-state index in [1.54, 1.807) is 16.2 Å². The number of aromatic nitrogens is 4. The number of imidazole rings is 1. The molecule has 12 heteroatoms. The minimum Gasteiger partial charge on any atom is -0.503 e. The van der Waals surface area contributed by atoms with E-state index in [1.807, 2.05) is 0 Å². The van der Waals surface area contributed by atoms with Crippen molar-refractivity contribution in [2.75, 3.05) is 13.2 Å². The average molecular weight is 402 g/mol. The Balaban J connectivity index is 1.42. The molecule has 0 aliphatic carbocycles. The van der Waals surface area contributed by atoms with E-state index >= 15 is 0 Å². The molecule has 11 nitrogen and oxygen atoms in total. The monoisotopic (exact) mass is 402 g/mol. The molecular formula is C16H14N6O5S. The van der Waals surface area contributed by atoms with Crippen molar-refractivity contribution >= 4 is 28.1 Å². The third-order valence-electron chi connectivity index (χ3n) is 4.77. The minimum absolute atomic E-state index is 0.0926. The van der Waals surface area contributed by atoms with Crippen molar-refractivity contribution in [3.63, 3.8) is 0 Å². The van der Waals surface area contributed by atoms with Gasteiger partial charge in [-0.05, 0) is 0 Å². The molecule has 2 aliphatic heterocycles. The number of ether oxygens (including phenoxy) is 1. The number of nitrogens with one attached hydrogen (secondary N) is 1. The number of hydrogen-bond acceptors (Lipinski definition) is 8. The highest BCUT2D eigenvalue weighted by molar-refractivity contribution is 7.14. The van der Waals surface area contributed by atoms with E-state index in [2.05, 4.69) is 15.4 Å². The van der Waals surface area contributed by atoms with Crippen LogP contribution in [0, 0.1) is 0 Å². The first-order chi connectivity index (χ1) is 13.5. The Hall–Kier alpha value is -3.25. The SMILES string of the molecule is O=C(NCc1cn2ncsc2n1)c1cn2c(c(O)c1=O)C(=O)N1CCOC1C2. The summed E-state index contributed by atoms with van der Waals surface area (Å²) in [5.41, 5.74) is 0.976. The van der Waals surface area contributed by atoms with Crippen LogP contribution in [0.15, 0.2) is 22.7 Å². The van der Waals surface area contributed by atoms with Crippen LogP contribution in [0.1, 0.15) is 26.5 Å². The van der Waals surface area contributed by atoms with Crippen molar-refractivity contribution in [3.05, 3.63) is 45.1 Å². The molecule has 3 aromatic heterocycles. The van der Waals surface area contributed by atoms with Gasteiger partial charge in [-0.1, -0.05) is 11.3 Å². The van der Waals surface area contributed by atoms with E-state index in [4.69, 9.17) is 4.74 Å².